The monoisotopic (exact) mass is 460 g/mol. The second-order valence-electron chi connectivity index (χ2n) is 8.62. The Balaban J connectivity index is 1.53. The molecule has 0 saturated carbocycles. The predicted molar refractivity (Wildman–Crippen MR) is 137 cm³/mol. The fraction of sp³-hybridized carbons (Fsp3) is 0.143. The molecule has 7 nitrogen and oxygen atoms in total. The molecule has 0 saturated heterocycles. The molecule has 35 heavy (non-hydrogen) atoms. The lowest BCUT2D eigenvalue weighted by molar-refractivity contribution is 0.459. The van der Waals surface area contributed by atoms with Crippen LogP contribution in [0.15, 0.2) is 67.1 Å². The van der Waals surface area contributed by atoms with Crippen LogP contribution in [0.5, 0.6) is 11.6 Å². The van der Waals surface area contributed by atoms with Crippen LogP contribution in [-0.4, -0.2) is 19.5 Å². The first-order valence-corrected chi connectivity index (χ1v) is 11.2. The highest BCUT2D eigenvalue weighted by Crippen LogP contribution is 2.36. The summed E-state index contributed by atoms with van der Waals surface area (Å²) >= 11 is 0. The molecule has 1 N–H and O–H groups in total. The lowest BCUT2D eigenvalue weighted by Gasteiger charge is -2.15. The van der Waals surface area contributed by atoms with Gasteiger partial charge in [0.05, 0.1) is 17.1 Å². The van der Waals surface area contributed by atoms with E-state index in [4.69, 9.17) is 15.0 Å². The van der Waals surface area contributed by atoms with Crippen LogP contribution in [-0.2, 0) is 7.05 Å². The van der Waals surface area contributed by atoms with Crippen molar-refractivity contribution in [2.75, 3.05) is 5.32 Å². The standard InChI is InChI=1S/C28H24N6O/c1-17-11-22(16-30-15-17)21-12-18(2)26(19(3)13-21)35-27-25-24(9-10-34(25)4)32-28(33-27)31-23-7-5-20(14-29)6-8-23/h5-13,15-16H,1-4H3,(H,31,32,33). The van der Waals surface area contributed by atoms with Gasteiger partial charge in [0.2, 0.25) is 11.8 Å². The summed E-state index contributed by atoms with van der Waals surface area (Å²) in [6.45, 7) is 6.11. The summed E-state index contributed by atoms with van der Waals surface area (Å²) in [4.78, 5) is 13.7. The lowest BCUT2D eigenvalue weighted by atomic mass is 10.00. The molecule has 3 heterocycles. The minimum Gasteiger partial charge on any atom is -0.436 e. The zero-order chi connectivity index (χ0) is 24.5. The maximum Gasteiger partial charge on any atom is 0.249 e. The number of ether oxygens (including phenoxy) is 1. The van der Waals surface area contributed by atoms with E-state index >= 15 is 0 Å². The quantitative estimate of drug-likeness (QED) is 0.328. The molecule has 172 valence electrons. The number of fused-ring (bicyclic) bond motifs is 1. The smallest absolute Gasteiger partial charge is 0.249 e. The van der Waals surface area contributed by atoms with Gasteiger partial charge in [-0.2, -0.15) is 10.2 Å². The maximum atomic E-state index is 9.04. The number of nitrogens with zero attached hydrogens (tertiary/aromatic N) is 5. The van der Waals surface area contributed by atoms with Crippen molar-refractivity contribution in [3.63, 3.8) is 0 Å². The number of aromatic nitrogens is 4. The van der Waals surface area contributed by atoms with Crippen LogP contribution in [0.3, 0.4) is 0 Å². The zero-order valence-electron chi connectivity index (χ0n) is 20.0. The van der Waals surface area contributed by atoms with Crippen LogP contribution in [0.2, 0.25) is 0 Å². The van der Waals surface area contributed by atoms with Crippen molar-refractivity contribution in [2.45, 2.75) is 20.8 Å². The largest absolute Gasteiger partial charge is 0.436 e. The minimum atomic E-state index is 0.418. The number of hydrogen-bond donors (Lipinski definition) is 1. The van der Waals surface area contributed by atoms with Crippen LogP contribution in [0, 0.1) is 32.1 Å². The SMILES string of the molecule is Cc1cncc(-c2cc(C)c(Oc3nc(Nc4ccc(C#N)cc4)nc4ccn(C)c34)c(C)c2)c1. The third-order valence-electron chi connectivity index (χ3n) is 5.83. The lowest BCUT2D eigenvalue weighted by Crippen LogP contribution is -2.02. The molecular formula is C28H24N6O. The highest BCUT2D eigenvalue weighted by molar-refractivity contribution is 5.83. The van der Waals surface area contributed by atoms with Crippen LogP contribution in [0.25, 0.3) is 22.2 Å². The molecule has 7 heteroatoms. The third-order valence-corrected chi connectivity index (χ3v) is 5.83. The summed E-state index contributed by atoms with van der Waals surface area (Å²) in [5.41, 5.74) is 8.25. The summed E-state index contributed by atoms with van der Waals surface area (Å²) in [5.74, 6) is 1.65. The molecular weight excluding hydrogens is 436 g/mol. The predicted octanol–water partition coefficient (Wildman–Crippen LogP) is 6.36. The van der Waals surface area contributed by atoms with Gasteiger partial charge in [0, 0.05) is 36.9 Å². The number of pyridine rings is 1. The fourth-order valence-corrected chi connectivity index (χ4v) is 4.13. The second kappa shape index (κ2) is 8.92. The van der Waals surface area contributed by atoms with E-state index in [0.29, 0.717) is 17.4 Å². The molecule has 0 spiro atoms. The number of benzene rings is 2. The van der Waals surface area contributed by atoms with Gasteiger partial charge in [-0.25, -0.2) is 4.98 Å². The highest BCUT2D eigenvalue weighted by atomic mass is 16.5. The van der Waals surface area contributed by atoms with Gasteiger partial charge in [-0.05, 0) is 91.6 Å². The molecule has 0 aliphatic rings. The molecule has 5 rings (SSSR count). The number of anilines is 2. The van der Waals surface area contributed by atoms with Crippen LogP contribution in [0.4, 0.5) is 11.6 Å². The van der Waals surface area contributed by atoms with Crippen molar-refractivity contribution < 1.29 is 4.74 Å². The van der Waals surface area contributed by atoms with E-state index in [-0.39, 0.29) is 0 Å². The van der Waals surface area contributed by atoms with Crippen molar-refractivity contribution in [3.05, 3.63) is 89.4 Å². The Hall–Kier alpha value is -4.70. The van der Waals surface area contributed by atoms with Gasteiger partial charge in [-0.3, -0.25) is 4.98 Å². The number of aryl methyl sites for hydroxylation is 4. The van der Waals surface area contributed by atoms with Crippen molar-refractivity contribution in [1.82, 2.24) is 19.5 Å². The Morgan fingerprint density at radius 3 is 2.34 bits per heavy atom. The average Bonchev–Trinajstić information content (AvgIpc) is 3.22. The number of rotatable bonds is 5. The number of nitrogens with one attached hydrogen (secondary N) is 1. The second-order valence-corrected chi connectivity index (χ2v) is 8.62. The summed E-state index contributed by atoms with van der Waals surface area (Å²) in [7, 11) is 1.94. The Morgan fingerprint density at radius 2 is 1.66 bits per heavy atom. The van der Waals surface area contributed by atoms with Gasteiger partial charge < -0.3 is 14.6 Å². The normalized spacial score (nSPS) is 10.8. The Bertz CT molecular complexity index is 1570. The Kier molecular flexibility index (Phi) is 5.63. The summed E-state index contributed by atoms with van der Waals surface area (Å²) in [6.07, 6.45) is 5.66. The van der Waals surface area contributed by atoms with Crippen LogP contribution in [0.1, 0.15) is 22.3 Å². The molecule has 0 atom stereocenters. The Labute approximate surface area is 203 Å². The first-order valence-electron chi connectivity index (χ1n) is 11.2. The van der Waals surface area contributed by atoms with Gasteiger partial charge in [0.25, 0.3) is 0 Å². The number of hydrogen-bond acceptors (Lipinski definition) is 6. The van der Waals surface area contributed by atoms with E-state index in [2.05, 4.69) is 39.6 Å². The van der Waals surface area contributed by atoms with Gasteiger partial charge in [-0.15, -0.1) is 0 Å². The third kappa shape index (κ3) is 4.42. The summed E-state index contributed by atoms with van der Waals surface area (Å²) in [5, 5.41) is 12.3. The van der Waals surface area contributed by atoms with Gasteiger partial charge >= 0.3 is 0 Å². The molecule has 0 aliphatic carbocycles. The van der Waals surface area contributed by atoms with Gasteiger partial charge in [0.1, 0.15) is 11.3 Å². The van der Waals surface area contributed by atoms with E-state index in [0.717, 1.165) is 50.3 Å². The molecule has 2 aromatic carbocycles. The zero-order valence-corrected chi connectivity index (χ0v) is 20.0. The highest BCUT2D eigenvalue weighted by Gasteiger charge is 2.17. The molecule has 0 bridgehead atoms. The van der Waals surface area contributed by atoms with Crippen molar-refractivity contribution >= 4 is 22.7 Å². The first-order chi connectivity index (χ1) is 16.9. The summed E-state index contributed by atoms with van der Waals surface area (Å²) in [6, 6.07) is 17.5. The molecule has 0 amide bonds. The van der Waals surface area contributed by atoms with Crippen molar-refractivity contribution in [2.24, 2.45) is 7.05 Å². The molecule has 3 aromatic heterocycles. The number of nitriles is 1. The van der Waals surface area contributed by atoms with Crippen LogP contribution >= 0.6 is 0 Å². The van der Waals surface area contributed by atoms with Gasteiger partial charge in [0.15, 0.2) is 0 Å². The molecule has 0 aliphatic heterocycles. The van der Waals surface area contributed by atoms with Gasteiger partial charge in [-0.1, -0.05) is 0 Å². The van der Waals surface area contributed by atoms with Crippen molar-refractivity contribution in [1.29, 1.82) is 5.26 Å². The molecule has 5 aromatic rings. The van der Waals surface area contributed by atoms with E-state index in [9.17, 15) is 0 Å². The minimum absolute atomic E-state index is 0.418. The van der Waals surface area contributed by atoms with Crippen molar-refractivity contribution in [3.8, 4) is 28.8 Å². The molecule has 0 unspecified atom stereocenters. The maximum absolute atomic E-state index is 9.04. The van der Waals surface area contributed by atoms with E-state index in [1.54, 1.807) is 12.1 Å². The fourth-order valence-electron chi connectivity index (χ4n) is 4.13. The van der Waals surface area contributed by atoms with Crippen LogP contribution < -0.4 is 10.1 Å². The average molecular weight is 461 g/mol. The van der Waals surface area contributed by atoms with E-state index < -0.39 is 0 Å². The Morgan fingerprint density at radius 1 is 0.914 bits per heavy atom. The van der Waals surface area contributed by atoms with E-state index in [1.165, 1.54) is 0 Å². The summed E-state index contributed by atoms with van der Waals surface area (Å²) < 4.78 is 8.40. The topological polar surface area (TPSA) is 88.7 Å². The first kappa shape index (κ1) is 22.1. The molecule has 0 radical (unpaired) electrons. The molecule has 0 fully saturated rings. The van der Waals surface area contributed by atoms with E-state index in [1.807, 2.05) is 69.2 Å².